The second-order valence-electron chi connectivity index (χ2n) is 6.66. The molecule has 5 rings (SSSR count). The van der Waals surface area contributed by atoms with Gasteiger partial charge in [-0.05, 0) is 18.9 Å². The highest BCUT2D eigenvalue weighted by atomic mass is 31.2. The molecule has 3 aromatic rings. The number of aromatic amines is 1. The van der Waals surface area contributed by atoms with Crippen LogP contribution < -0.4 is 15.8 Å². The van der Waals surface area contributed by atoms with Crippen molar-refractivity contribution in [2.24, 2.45) is 0 Å². The number of nitrogens with one attached hydrogen (secondary N) is 1. The van der Waals surface area contributed by atoms with Gasteiger partial charge >= 0.3 is 8.60 Å². The van der Waals surface area contributed by atoms with Gasteiger partial charge in [-0.25, -0.2) is 13.8 Å². The molecule has 2 aromatic heterocycles. The summed E-state index contributed by atoms with van der Waals surface area (Å²) < 4.78 is 44.2. The predicted molar refractivity (Wildman–Crippen MR) is 108 cm³/mol. The van der Waals surface area contributed by atoms with E-state index in [1.54, 1.807) is 10.9 Å². The number of nitrogens with zero attached hydrogens (tertiary/aromatic N) is 3. The van der Waals surface area contributed by atoms with Crippen molar-refractivity contribution in [2.45, 2.75) is 31.8 Å². The summed E-state index contributed by atoms with van der Waals surface area (Å²) in [6.07, 6.45) is 2.69. The van der Waals surface area contributed by atoms with Crippen molar-refractivity contribution < 1.29 is 27.1 Å². The smallest absolute Gasteiger partial charge is 0.397 e. The van der Waals surface area contributed by atoms with Crippen molar-refractivity contribution in [2.75, 3.05) is 19.3 Å². The Morgan fingerprint density at radius 2 is 2.13 bits per heavy atom. The van der Waals surface area contributed by atoms with Crippen LogP contribution in [0.5, 0.6) is 5.75 Å². The SMILES string of the molecule is FCF.Nc1nc2c(ncn2C2CCC(COP3OCc4ccccc4O3)O2)c(=O)[nH]1. The van der Waals surface area contributed by atoms with E-state index in [1.807, 2.05) is 24.3 Å². The number of rotatable bonds is 4. The van der Waals surface area contributed by atoms with Crippen molar-refractivity contribution in [1.82, 2.24) is 19.5 Å². The number of hydrogen-bond donors (Lipinski definition) is 2. The van der Waals surface area contributed by atoms with Crippen molar-refractivity contribution in [1.29, 1.82) is 0 Å². The Kier molecular flexibility index (Phi) is 6.71. The Morgan fingerprint density at radius 1 is 1.32 bits per heavy atom. The number of fused-ring (bicyclic) bond motifs is 2. The predicted octanol–water partition coefficient (Wildman–Crippen LogP) is 3.12. The van der Waals surface area contributed by atoms with E-state index in [0.29, 0.717) is 18.9 Å². The first-order chi connectivity index (χ1) is 15.1. The maximum atomic E-state index is 11.9. The lowest BCUT2D eigenvalue weighted by Crippen LogP contribution is -2.18. The largest absolute Gasteiger partial charge is 0.426 e. The zero-order valence-electron chi connectivity index (χ0n) is 16.2. The van der Waals surface area contributed by atoms with Gasteiger partial charge in [0.05, 0.1) is 25.6 Å². The number of nitrogens with two attached hydrogens (primary N) is 1. The zero-order chi connectivity index (χ0) is 21.8. The van der Waals surface area contributed by atoms with E-state index >= 15 is 0 Å². The number of nitrogen functional groups attached to an aromatic ring is 1. The molecule has 0 aliphatic carbocycles. The fourth-order valence-electron chi connectivity index (χ4n) is 3.32. The number of anilines is 1. The molecule has 4 heterocycles. The van der Waals surface area contributed by atoms with E-state index in [2.05, 4.69) is 15.0 Å². The van der Waals surface area contributed by atoms with Gasteiger partial charge in [-0.1, -0.05) is 18.2 Å². The molecule has 10 nitrogen and oxygen atoms in total. The average Bonchev–Trinajstić information content (AvgIpc) is 3.39. The van der Waals surface area contributed by atoms with Gasteiger partial charge in [0.15, 0.2) is 11.2 Å². The minimum absolute atomic E-state index is 0.0480. The summed E-state index contributed by atoms with van der Waals surface area (Å²) in [6, 6.07) is 7.74. The molecule has 1 aromatic carbocycles. The highest BCUT2D eigenvalue weighted by Crippen LogP contribution is 2.47. The Balaban J connectivity index is 0.000000730. The van der Waals surface area contributed by atoms with E-state index in [1.165, 1.54) is 0 Å². The van der Waals surface area contributed by atoms with Crippen molar-refractivity contribution in [3.63, 3.8) is 0 Å². The van der Waals surface area contributed by atoms with E-state index < -0.39 is 15.5 Å². The van der Waals surface area contributed by atoms with Crippen LogP contribution in [0.25, 0.3) is 11.2 Å². The molecule has 166 valence electrons. The fourth-order valence-corrected chi connectivity index (χ4v) is 4.37. The third-order valence-corrected chi connectivity index (χ3v) is 5.73. The Morgan fingerprint density at radius 3 is 2.97 bits per heavy atom. The standard InChI is InChI=1S/C17H18N5O5P.CH2F2/c18-17-20-15-14(16(23)21-17)19-9-22(15)13-6-5-11(26-13)8-25-28-24-7-10-3-1-2-4-12(10)27-28;2-1-3/h1-4,9,11,13H,5-8H2,(H3,18,20,21,23);1H2. The summed E-state index contributed by atoms with van der Waals surface area (Å²) in [6.45, 7) is -0.925. The number of para-hydroxylation sites is 1. The van der Waals surface area contributed by atoms with Crippen LogP contribution in [0.3, 0.4) is 0 Å². The first kappa shape index (κ1) is 21.6. The highest BCUT2D eigenvalue weighted by Gasteiger charge is 2.31. The molecule has 1 saturated heterocycles. The molecule has 3 N–H and O–H groups in total. The first-order valence-corrected chi connectivity index (χ1v) is 10.5. The zero-order valence-corrected chi connectivity index (χ0v) is 17.1. The number of ether oxygens (including phenoxy) is 1. The molecule has 3 unspecified atom stereocenters. The number of aromatic nitrogens is 4. The van der Waals surface area contributed by atoms with Gasteiger partial charge in [-0.3, -0.25) is 23.4 Å². The van der Waals surface area contributed by atoms with Crippen LogP contribution in [-0.2, 0) is 20.4 Å². The first-order valence-electron chi connectivity index (χ1n) is 9.40. The van der Waals surface area contributed by atoms with Crippen LogP contribution in [-0.4, -0.2) is 39.2 Å². The van der Waals surface area contributed by atoms with Crippen LogP contribution in [0.4, 0.5) is 14.7 Å². The number of halogens is 2. The molecule has 2 aliphatic heterocycles. The lowest BCUT2D eigenvalue weighted by Gasteiger charge is -2.24. The normalized spacial score (nSPS) is 22.5. The van der Waals surface area contributed by atoms with Crippen LogP contribution >= 0.6 is 8.60 Å². The minimum Gasteiger partial charge on any atom is -0.426 e. The molecular weight excluding hydrogens is 435 g/mol. The molecule has 0 amide bonds. The third kappa shape index (κ3) is 4.82. The lowest BCUT2D eigenvalue weighted by molar-refractivity contribution is -0.0190. The van der Waals surface area contributed by atoms with E-state index in [-0.39, 0.29) is 29.4 Å². The fraction of sp³-hybridized carbons (Fsp3) is 0.389. The molecule has 0 bridgehead atoms. The number of alkyl halides is 2. The summed E-state index contributed by atoms with van der Waals surface area (Å²) in [5, 5.41) is 0. The number of hydrogen-bond acceptors (Lipinski definition) is 8. The summed E-state index contributed by atoms with van der Waals surface area (Å²) in [5.41, 5.74) is 6.94. The maximum absolute atomic E-state index is 11.9. The topological polar surface area (TPSA) is 127 Å². The van der Waals surface area contributed by atoms with Gasteiger partial charge in [-0.2, -0.15) is 4.98 Å². The summed E-state index contributed by atoms with van der Waals surface area (Å²) in [4.78, 5) is 22.7. The number of imidazole rings is 1. The van der Waals surface area contributed by atoms with Crippen molar-refractivity contribution in [3.05, 3.63) is 46.5 Å². The molecule has 13 heteroatoms. The average molecular weight is 455 g/mol. The monoisotopic (exact) mass is 455 g/mol. The van der Waals surface area contributed by atoms with Gasteiger partial charge in [0.25, 0.3) is 5.56 Å². The van der Waals surface area contributed by atoms with Crippen molar-refractivity contribution >= 4 is 25.7 Å². The molecule has 0 spiro atoms. The van der Waals surface area contributed by atoms with Gasteiger partial charge in [0.1, 0.15) is 12.0 Å². The van der Waals surface area contributed by atoms with E-state index in [4.69, 9.17) is 24.0 Å². The van der Waals surface area contributed by atoms with Crippen LogP contribution in [0.2, 0.25) is 0 Å². The van der Waals surface area contributed by atoms with Crippen LogP contribution in [0.15, 0.2) is 35.4 Å². The van der Waals surface area contributed by atoms with Crippen molar-refractivity contribution in [3.8, 4) is 5.75 Å². The highest BCUT2D eigenvalue weighted by molar-refractivity contribution is 7.42. The second-order valence-corrected chi connectivity index (χ2v) is 7.80. The molecule has 0 saturated carbocycles. The summed E-state index contributed by atoms with van der Waals surface area (Å²) in [7, 11) is -1.44. The third-order valence-electron chi connectivity index (χ3n) is 4.68. The maximum Gasteiger partial charge on any atom is 0.397 e. The molecule has 31 heavy (non-hydrogen) atoms. The Hall–Kier alpha value is -2.66. The van der Waals surface area contributed by atoms with E-state index in [9.17, 15) is 13.6 Å². The van der Waals surface area contributed by atoms with Gasteiger partial charge < -0.3 is 15.0 Å². The van der Waals surface area contributed by atoms with Gasteiger partial charge in [0, 0.05) is 5.56 Å². The second kappa shape index (κ2) is 9.65. The molecule has 1 fully saturated rings. The molecule has 2 aliphatic rings. The van der Waals surface area contributed by atoms with Crippen LogP contribution in [0, 0.1) is 0 Å². The Bertz CT molecular complexity index is 1100. The number of H-pyrrole nitrogens is 1. The molecular formula is C18H20F2N5O5P. The van der Waals surface area contributed by atoms with E-state index in [0.717, 1.165) is 24.2 Å². The summed E-state index contributed by atoms with van der Waals surface area (Å²) >= 11 is 0. The lowest BCUT2D eigenvalue weighted by atomic mass is 10.2. The van der Waals surface area contributed by atoms with Gasteiger partial charge in [0.2, 0.25) is 12.9 Å². The van der Waals surface area contributed by atoms with Gasteiger partial charge in [-0.15, -0.1) is 0 Å². The number of benzene rings is 1. The minimum atomic E-state index is -1.75. The Labute approximate surface area is 176 Å². The molecule has 0 radical (unpaired) electrons. The van der Waals surface area contributed by atoms with Crippen LogP contribution in [0.1, 0.15) is 24.6 Å². The quantitative estimate of drug-likeness (QED) is 0.575. The molecule has 3 atom stereocenters. The summed E-state index contributed by atoms with van der Waals surface area (Å²) in [5.74, 6) is 0.843.